The molecule has 4 fully saturated rings. The van der Waals surface area contributed by atoms with Crippen molar-refractivity contribution in [2.75, 3.05) is 19.7 Å². The Kier molecular flexibility index (Phi) is 7.54. The summed E-state index contributed by atoms with van der Waals surface area (Å²) in [5.41, 5.74) is -0.159. The van der Waals surface area contributed by atoms with E-state index in [2.05, 4.69) is 16.0 Å². The number of nitrogens with zero attached hydrogens (tertiary/aromatic N) is 1. The Labute approximate surface area is 236 Å². The number of nitrogens with one attached hydrogen (secondary N) is 3. The number of hydrogen-bond acceptors (Lipinski definition) is 6. The summed E-state index contributed by atoms with van der Waals surface area (Å²) in [5.74, 6) is -2.84. The van der Waals surface area contributed by atoms with Gasteiger partial charge in [0.1, 0.15) is 11.8 Å². The van der Waals surface area contributed by atoms with Gasteiger partial charge in [0.15, 0.2) is 6.61 Å². The number of carbonyl (C=O) groups excluding carboxylic acids is 5. The first kappa shape index (κ1) is 27.7. The van der Waals surface area contributed by atoms with Crippen molar-refractivity contribution in [1.29, 1.82) is 0 Å². The minimum Gasteiger partial charge on any atom is -0.482 e. The molecule has 1 aromatic carbocycles. The van der Waals surface area contributed by atoms with Gasteiger partial charge in [0.25, 0.3) is 11.8 Å². The molecule has 3 N–H and O–H groups in total. The third-order valence-corrected chi connectivity index (χ3v) is 9.03. The molecule has 0 unspecified atom stereocenters. The SMILES string of the molecule is CC1(C)[C@@H]2[C@@H](C(=O)N[C@@H](C[C@@H]3CCNC3=O)C(=O)C(=O)NC3CC3)N(C(=O)COc3ccc(Cl)cc3Cl)C[C@@H]21. The van der Waals surface area contributed by atoms with Crippen LogP contribution in [-0.4, -0.2) is 72.1 Å². The van der Waals surface area contributed by atoms with E-state index in [0.717, 1.165) is 12.8 Å². The van der Waals surface area contributed by atoms with E-state index >= 15 is 0 Å². The number of benzene rings is 1. The molecule has 0 radical (unpaired) electrons. The highest BCUT2D eigenvalue weighted by molar-refractivity contribution is 6.38. The normalized spacial score (nSPS) is 27.3. The van der Waals surface area contributed by atoms with Crippen LogP contribution in [0, 0.1) is 23.2 Å². The maximum atomic E-state index is 13.7. The second-order valence-corrected chi connectivity index (χ2v) is 12.3. The second-order valence-electron chi connectivity index (χ2n) is 11.5. The van der Waals surface area contributed by atoms with Crippen LogP contribution in [0.4, 0.5) is 0 Å². The van der Waals surface area contributed by atoms with Crippen LogP contribution < -0.4 is 20.7 Å². The number of likely N-dealkylation sites (tertiary alicyclic amines) is 1. The predicted octanol–water partition coefficient (Wildman–Crippen LogP) is 1.71. The van der Waals surface area contributed by atoms with Gasteiger partial charge in [-0.3, -0.25) is 24.0 Å². The van der Waals surface area contributed by atoms with E-state index in [1.54, 1.807) is 12.1 Å². The number of halogens is 2. The highest BCUT2D eigenvalue weighted by Gasteiger charge is 2.69. The minimum atomic E-state index is -1.17. The molecule has 5 rings (SSSR count). The molecular formula is C27H32Cl2N4O6. The van der Waals surface area contributed by atoms with E-state index in [1.165, 1.54) is 11.0 Å². The first-order chi connectivity index (χ1) is 18.5. The number of ether oxygens (including phenoxy) is 1. The van der Waals surface area contributed by atoms with Gasteiger partial charge >= 0.3 is 0 Å². The minimum absolute atomic E-state index is 0.0187. The van der Waals surface area contributed by atoms with E-state index in [-0.39, 0.29) is 47.3 Å². The summed E-state index contributed by atoms with van der Waals surface area (Å²) >= 11 is 12.1. The fourth-order valence-electron chi connectivity index (χ4n) is 5.94. The first-order valence-corrected chi connectivity index (χ1v) is 14.0. The van der Waals surface area contributed by atoms with Gasteiger partial charge in [-0.25, -0.2) is 0 Å². The number of carbonyl (C=O) groups is 5. The van der Waals surface area contributed by atoms with Gasteiger partial charge in [-0.1, -0.05) is 37.0 Å². The molecule has 10 nitrogen and oxygen atoms in total. The molecule has 0 aromatic heterocycles. The van der Waals surface area contributed by atoms with Crippen molar-refractivity contribution in [3.8, 4) is 5.75 Å². The van der Waals surface area contributed by atoms with Crippen LogP contribution in [0.25, 0.3) is 0 Å². The Morgan fingerprint density at radius 3 is 2.56 bits per heavy atom. The lowest BCUT2D eigenvalue weighted by Crippen LogP contribution is -2.56. The van der Waals surface area contributed by atoms with Crippen molar-refractivity contribution >= 4 is 52.6 Å². The van der Waals surface area contributed by atoms with Crippen LogP contribution in [0.1, 0.15) is 39.5 Å². The van der Waals surface area contributed by atoms with Crippen molar-refractivity contribution in [3.05, 3.63) is 28.2 Å². The van der Waals surface area contributed by atoms with E-state index < -0.39 is 41.5 Å². The van der Waals surface area contributed by atoms with Crippen molar-refractivity contribution in [2.45, 2.75) is 57.7 Å². The quantitative estimate of drug-likeness (QED) is 0.362. The van der Waals surface area contributed by atoms with Crippen LogP contribution in [0.3, 0.4) is 0 Å². The molecule has 210 valence electrons. The van der Waals surface area contributed by atoms with Crippen molar-refractivity contribution < 1.29 is 28.7 Å². The summed E-state index contributed by atoms with van der Waals surface area (Å²) in [5, 5.41) is 8.84. The van der Waals surface area contributed by atoms with E-state index in [4.69, 9.17) is 27.9 Å². The number of piperidine rings is 1. The Morgan fingerprint density at radius 2 is 1.92 bits per heavy atom. The summed E-state index contributed by atoms with van der Waals surface area (Å²) in [6.07, 6.45) is 2.15. The molecule has 5 atom stereocenters. The molecule has 39 heavy (non-hydrogen) atoms. The zero-order valence-electron chi connectivity index (χ0n) is 21.8. The highest BCUT2D eigenvalue weighted by atomic mass is 35.5. The topological polar surface area (TPSA) is 134 Å². The molecule has 1 aromatic rings. The fraction of sp³-hybridized carbons (Fsp3) is 0.593. The first-order valence-electron chi connectivity index (χ1n) is 13.3. The lowest BCUT2D eigenvalue weighted by Gasteiger charge is -2.31. The van der Waals surface area contributed by atoms with Gasteiger partial charge in [-0.05, 0) is 61.1 Å². The summed E-state index contributed by atoms with van der Waals surface area (Å²) in [6, 6.07) is 2.63. The summed E-state index contributed by atoms with van der Waals surface area (Å²) < 4.78 is 5.63. The number of rotatable bonds is 10. The Morgan fingerprint density at radius 1 is 1.18 bits per heavy atom. The number of fused-ring (bicyclic) bond motifs is 1. The van der Waals surface area contributed by atoms with Crippen molar-refractivity contribution in [1.82, 2.24) is 20.9 Å². The van der Waals surface area contributed by atoms with Crippen LogP contribution in [0.2, 0.25) is 10.0 Å². The van der Waals surface area contributed by atoms with E-state index in [9.17, 15) is 24.0 Å². The Hall–Kier alpha value is -2.85. The van der Waals surface area contributed by atoms with Gasteiger partial charge in [0.05, 0.1) is 11.1 Å². The zero-order valence-corrected chi connectivity index (χ0v) is 23.3. The summed E-state index contributed by atoms with van der Waals surface area (Å²) in [6.45, 7) is 4.61. The Balaban J connectivity index is 1.30. The standard InChI is InChI=1S/C27H32Cl2N4O6/c1-27(2)16-11-33(20(34)12-39-19-6-3-14(28)10-17(19)29)22(21(16)27)25(37)32-18(9-13-7-8-30-24(13)36)23(35)26(38)31-15-4-5-15/h3,6,10,13,15-16,18,21-22H,4-5,7-9,11-12H2,1-2H3,(H,30,36)(H,31,38)(H,32,37)/t13-,16-,18-,21-,22-/m0/s1. The van der Waals surface area contributed by atoms with Crippen molar-refractivity contribution in [3.63, 3.8) is 0 Å². The average molecular weight is 579 g/mol. The molecular weight excluding hydrogens is 547 g/mol. The van der Waals surface area contributed by atoms with Gasteiger partial charge < -0.3 is 25.6 Å². The lowest BCUT2D eigenvalue weighted by atomic mass is 9.94. The average Bonchev–Trinajstić information content (AvgIpc) is 3.64. The zero-order chi connectivity index (χ0) is 28.1. The Bertz CT molecular complexity index is 1220. The number of ketones is 1. The summed E-state index contributed by atoms with van der Waals surface area (Å²) in [4.78, 5) is 66.4. The number of hydrogen-bond donors (Lipinski definition) is 3. The van der Waals surface area contributed by atoms with Crippen LogP contribution >= 0.6 is 23.2 Å². The van der Waals surface area contributed by atoms with Crippen LogP contribution in [0.15, 0.2) is 18.2 Å². The molecule has 0 bridgehead atoms. The number of amides is 4. The molecule has 4 amide bonds. The van der Waals surface area contributed by atoms with Gasteiger partial charge in [-0.2, -0.15) is 0 Å². The van der Waals surface area contributed by atoms with Crippen molar-refractivity contribution in [2.24, 2.45) is 23.2 Å². The van der Waals surface area contributed by atoms with Gasteiger partial charge in [-0.15, -0.1) is 0 Å². The van der Waals surface area contributed by atoms with Crippen LogP contribution in [-0.2, 0) is 24.0 Å². The third kappa shape index (κ3) is 5.72. The summed E-state index contributed by atoms with van der Waals surface area (Å²) in [7, 11) is 0. The molecule has 2 heterocycles. The molecule has 2 aliphatic carbocycles. The van der Waals surface area contributed by atoms with E-state index in [0.29, 0.717) is 30.3 Å². The van der Waals surface area contributed by atoms with E-state index in [1.807, 2.05) is 13.8 Å². The monoisotopic (exact) mass is 578 g/mol. The van der Waals surface area contributed by atoms with Crippen LogP contribution in [0.5, 0.6) is 5.75 Å². The molecule has 4 aliphatic rings. The maximum absolute atomic E-state index is 13.7. The lowest BCUT2D eigenvalue weighted by molar-refractivity contribution is -0.144. The molecule has 2 saturated heterocycles. The van der Waals surface area contributed by atoms with Gasteiger partial charge in [0, 0.05) is 30.1 Å². The fourth-order valence-corrected chi connectivity index (χ4v) is 6.41. The molecule has 0 spiro atoms. The largest absolute Gasteiger partial charge is 0.482 e. The highest BCUT2D eigenvalue weighted by Crippen LogP contribution is 2.64. The smallest absolute Gasteiger partial charge is 0.289 e. The van der Waals surface area contributed by atoms with Gasteiger partial charge in [0.2, 0.25) is 17.6 Å². The second kappa shape index (κ2) is 10.6. The maximum Gasteiger partial charge on any atom is 0.289 e. The third-order valence-electron chi connectivity index (χ3n) is 8.49. The predicted molar refractivity (Wildman–Crippen MR) is 142 cm³/mol. The molecule has 2 aliphatic heterocycles. The number of Topliss-reactive ketones (excluding diaryl/α,β-unsaturated/α-hetero) is 1. The molecule has 2 saturated carbocycles. The molecule has 12 heteroatoms.